The van der Waals surface area contributed by atoms with Crippen LogP contribution in [-0.4, -0.2) is 5.71 Å². The molecule has 0 N–H and O–H groups in total. The highest BCUT2D eigenvalue weighted by Gasteiger charge is 1.97. The molecule has 0 saturated carbocycles. The van der Waals surface area contributed by atoms with E-state index in [1.807, 2.05) is 66.7 Å². The second kappa shape index (κ2) is 11.8. The summed E-state index contributed by atoms with van der Waals surface area (Å²) in [4.78, 5) is 4.27. The van der Waals surface area contributed by atoms with Crippen LogP contribution in [0.3, 0.4) is 0 Å². The molecule has 16 heavy (non-hydrogen) atoms. The van der Waals surface area contributed by atoms with Crippen LogP contribution in [-0.2, 0) is 0 Å². The fraction of sp³-hybridized carbons (Fsp3) is 0.500. The van der Waals surface area contributed by atoms with Crippen LogP contribution in [0.25, 0.3) is 0 Å². The van der Waals surface area contributed by atoms with E-state index >= 15 is 0 Å². The van der Waals surface area contributed by atoms with Crippen molar-refractivity contribution >= 4 is 11.6 Å². The highest BCUT2D eigenvalue weighted by atomic mass is 16.3. The van der Waals surface area contributed by atoms with Gasteiger partial charge in [-0.05, 0) is 32.9 Å². The van der Waals surface area contributed by atoms with E-state index in [0.717, 1.165) is 11.3 Å². The van der Waals surface area contributed by atoms with Crippen LogP contribution >= 0.6 is 0 Å². The Morgan fingerprint density at radius 3 is 2.19 bits per heavy atom. The number of aliphatic imine (C=N–C) groups is 1. The normalized spacial score (nSPS) is 10.3. The van der Waals surface area contributed by atoms with Crippen molar-refractivity contribution in [2.75, 3.05) is 0 Å². The Balaban J connectivity index is 0. The fourth-order valence-electron chi connectivity index (χ4n) is 0.918. The Labute approximate surface area is 100 Å². The maximum absolute atomic E-state index is 5.16. The van der Waals surface area contributed by atoms with Crippen LogP contribution in [0.2, 0.25) is 0 Å². The zero-order valence-electron chi connectivity index (χ0n) is 11.7. The van der Waals surface area contributed by atoms with E-state index in [1.165, 1.54) is 0 Å². The molecular weight excluding hydrogens is 198 g/mol. The highest BCUT2D eigenvalue weighted by molar-refractivity contribution is 5.94. The molecule has 0 radical (unpaired) electrons. The van der Waals surface area contributed by atoms with E-state index in [1.54, 1.807) is 6.26 Å². The number of furan rings is 1. The van der Waals surface area contributed by atoms with Gasteiger partial charge in [-0.25, -0.2) is 4.99 Å². The Morgan fingerprint density at radius 1 is 1.25 bits per heavy atom. The molecule has 0 spiro atoms. The number of rotatable bonds is 2. The van der Waals surface area contributed by atoms with Gasteiger partial charge in [-0.2, -0.15) is 0 Å². The summed E-state index contributed by atoms with van der Waals surface area (Å²) in [5.74, 6) is 0.700. The second-order valence-electron chi connectivity index (χ2n) is 2.66. The summed E-state index contributed by atoms with van der Waals surface area (Å²) in [5.41, 5.74) is 2.02. The fourth-order valence-corrected chi connectivity index (χ4v) is 0.918. The molecule has 0 saturated heterocycles. The minimum absolute atomic E-state index is 0.700. The third-order valence-electron chi connectivity index (χ3n) is 1.52. The molecule has 1 aromatic rings. The smallest absolute Gasteiger partial charge is 0.221 e. The first-order valence-electron chi connectivity index (χ1n) is 5.96. The predicted octanol–water partition coefficient (Wildman–Crippen LogP) is 5.31. The van der Waals surface area contributed by atoms with Crippen molar-refractivity contribution in [3.05, 3.63) is 30.0 Å². The summed E-state index contributed by atoms with van der Waals surface area (Å²) < 4.78 is 5.16. The minimum Gasteiger partial charge on any atom is -0.446 e. The topological polar surface area (TPSA) is 25.5 Å². The van der Waals surface area contributed by atoms with Gasteiger partial charge in [0.2, 0.25) is 5.88 Å². The van der Waals surface area contributed by atoms with Gasteiger partial charge in [0.1, 0.15) is 0 Å². The lowest BCUT2D eigenvalue weighted by atomic mass is 10.3. The summed E-state index contributed by atoms with van der Waals surface area (Å²) in [6, 6.07) is 1.90. The van der Waals surface area contributed by atoms with Gasteiger partial charge in [-0.15, -0.1) is 0 Å². The van der Waals surface area contributed by atoms with Crippen LogP contribution < -0.4 is 0 Å². The monoisotopic (exact) mass is 223 g/mol. The minimum atomic E-state index is 0.700. The zero-order chi connectivity index (χ0) is 13.0. The molecule has 2 nitrogen and oxygen atoms in total. The van der Waals surface area contributed by atoms with E-state index in [2.05, 4.69) is 4.99 Å². The molecule has 0 aliphatic carbocycles. The first kappa shape index (κ1) is 17.1. The molecule has 2 heteroatoms. The van der Waals surface area contributed by atoms with E-state index in [4.69, 9.17) is 4.42 Å². The average Bonchev–Trinajstić information content (AvgIpc) is 2.70. The number of aryl methyl sites for hydroxylation is 1. The lowest BCUT2D eigenvalue weighted by molar-refractivity contribution is 0.576. The SMILES string of the molecule is C/C=C\C(C)=N/c1occc1C.CC.CC. The van der Waals surface area contributed by atoms with Gasteiger partial charge in [0.15, 0.2) is 0 Å². The number of allylic oxidation sites excluding steroid dienone is 2. The number of hydrogen-bond donors (Lipinski definition) is 0. The standard InChI is InChI=1S/C10H13NO.2C2H6/c1-4-5-9(3)11-10-8(2)6-7-12-10;2*1-2/h4-7H,1-3H3;2*1-2H3/b5-4-,11-9-;;. The van der Waals surface area contributed by atoms with Crippen LogP contribution in [0.15, 0.2) is 33.9 Å². The van der Waals surface area contributed by atoms with Crippen molar-refractivity contribution in [1.29, 1.82) is 0 Å². The first-order valence-corrected chi connectivity index (χ1v) is 5.96. The third-order valence-corrected chi connectivity index (χ3v) is 1.52. The van der Waals surface area contributed by atoms with Crippen molar-refractivity contribution in [2.24, 2.45) is 4.99 Å². The molecule has 92 valence electrons. The van der Waals surface area contributed by atoms with E-state index < -0.39 is 0 Å². The molecule has 0 aromatic carbocycles. The molecule has 1 rings (SSSR count). The Morgan fingerprint density at radius 2 is 1.81 bits per heavy atom. The zero-order valence-corrected chi connectivity index (χ0v) is 11.7. The average molecular weight is 223 g/mol. The molecule has 0 aliphatic heterocycles. The van der Waals surface area contributed by atoms with Crippen LogP contribution in [0, 0.1) is 6.92 Å². The number of hydrogen-bond acceptors (Lipinski definition) is 2. The van der Waals surface area contributed by atoms with E-state index in [9.17, 15) is 0 Å². The van der Waals surface area contributed by atoms with Gasteiger partial charge >= 0.3 is 0 Å². The summed E-state index contributed by atoms with van der Waals surface area (Å²) in [6.07, 6.45) is 5.55. The maximum Gasteiger partial charge on any atom is 0.221 e. The van der Waals surface area contributed by atoms with Gasteiger partial charge in [0.25, 0.3) is 0 Å². The van der Waals surface area contributed by atoms with Crippen molar-refractivity contribution in [3.8, 4) is 0 Å². The van der Waals surface area contributed by atoms with Crippen molar-refractivity contribution in [2.45, 2.75) is 48.5 Å². The molecule has 0 fully saturated rings. The summed E-state index contributed by atoms with van der Waals surface area (Å²) in [5, 5.41) is 0. The van der Waals surface area contributed by atoms with Gasteiger partial charge < -0.3 is 4.42 Å². The lowest BCUT2D eigenvalue weighted by Crippen LogP contribution is -1.81. The Hall–Kier alpha value is -1.31. The molecule has 0 amide bonds. The van der Waals surface area contributed by atoms with Crippen LogP contribution in [0.5, 0.6) is 0 Å². The number of nitrogens with zero attached hydrogens (tertiary/aromatic N) is 1. The second-order valence-corrected chi connectivity index (χ2v) is 2.66. The van der Waals surface area contributed by atoms with Gasteiger partial charge in [-0.3, -0.25) is 0 Å². The molecule has 0 aliphatic rings. The van der Waals surface area contributed by atoms with E-state index in [0.29, 0.717) is 5.88 Å². The summed E-state index contributed by atoms with van der Waals surface area (Å²) >= 11 is 0. The van der Waals surface area contributed by atoms with E-state index in [-0.39, 0.29) is 0 Å². The highest BCUT2D eigenvalue weighted by Crippen LogP contribution is 2.18. The van der Waals surface area contributed by atoms with Crippen molar-refractivity contribution < 1.29 is 4.42 Å². The van der Waals surface area contributed by atoms with Gasteiger partial charge in [-0.1, -0.05) is 33.8 Å². The third kappa shape index (κ3) is 7.04. The van der Waals surface area contributed by atoms with Crippen molar-refractivity contribution in [1.82, 2.24) is 0 Å². The molecular formula is C14H25NO. The summed E-state index contributed by atoms with van der Waals surface area (Å²) in [7, 11) is 0. The molecule has 0 atom stereocenters. The predicted molar refractivity (Wildman–Crippen MR) is 73.7 cm³/mol. The van der Waals surface area contributed by atoms with Gasteiger partial charge in [0, 0.05) is 11.3 Å². The quantitative estimate of drug-likeness (QED) is 0.624. The summed E-state index contributed by atoms with van der Waals surface area (Å²) in [6.45, 7) is 13.9. The first-order chi connectivity index (χ1) is 7.74. The van der Waals surface area contributed by atoms with Crippen molar-refractivity contribution in [3.63, 3.8) is 0 Å². The molecule has 1 aromatic heterocycles. The Bertz CT molecular complexity index is 308. The lowest BCUT2D eigenvalue weighted by Gasteiger charge is -1.90. The maximum atomic E-state index is 5.16. The molecule has 1 heterocycles. The van der Waals surface area contributed by atoms with Gasteiger partial charge in [0.05, 0.1) is 6.26 Å². The molecule has 0 bridgehead atoms. The largest absolute Gasteiger partial charge is 0.446 e. The van der Waals surface area contributed by atoms with Crippen LogP contribution in [0.4, 0.5) is 5.88 Å². The van der Waals surface area contributed by atoms with Crippen LogP contribution in [0.1, 0.15) is 47.1 Å². The Kier molecular flexibility index (Phi) is 12.6. The molecule has 0 unspecified atom stereocenters.